The first-order valence-corrected chi connectivity index (χ1v) is 15.9. The molecule has 0 aliphatic rings. The summed E-state index contributed by atoms with van der Waals surface area (Å²) in [6, 6.07) is 0. The van der Waals surface area contributed by atoms with Gasteiger partial charge in [0.05, 0.1) is 6.61 Å². The fourth-order valence-electron chi connectivity index (χ4n) is 5.26. The van der Waals surface area contributed by atoms with Crippen LogP contribution in [0.25, 0.3) is 0 Å². The normalized spacial score (nSPS) is 11.3. The number of hydrogen-bond acceptors (Lipinski definition) is 4. The lowest BCUT2D eigenvalue weighted by molar-refractivity contribution is -0.208. The molecule has 0 heterocycles. The first-order valence-electron chi connectivity index (χ1n) is 15.9. The Morgan fingerprint density at radius 2 is 1.00 bits per heavy atom. The molecule has 0 aliphatic heterocycles. The van der Waals surface area contributed by atoms with Crippen molar-refractivity contribution in [1.29, 1.82) is 0 Å². The lowest BCUT2D eigenvalue weighted by Gasteiger charge is -2.23. The van der Waals surface area contributed by atoms with Crippen LogP contribution in [-0.2, 0) is 24.2 Å². The molecule has 0 spiro atoms. The summed E-state index contributed by atoms with van der Waals surface area (Å²) in [5, 5.41) is 21.5. The van der Waals surface area contributed by atoms with E-state index >= 15 is 0 Å². The summed E-state index contributed by atoms with van der Waals surface area (Å²) in [5.41, 5.74) is 2.91. The number of rotatable bonds is 25. The Morgan fingerprint density at radius 1 is 0.579 bits per heavy atom. The molecule has 0 atom stereocenters. The average Bonchev–Trinajstić information content (AvgIpc) is 2.90. The van der Waals surface area contributed by atoms with Crippen molar-refractivity contribution in [2.75, 3.05) is 6.61 Å². The minimum atomic E-state index is -1.08. The van der Waals surface area contributed by atoms with E-state index in [-0.39, 0.29) is 17.1 Å². The van der Waals surface area contributed by atoms with Crippen LogP contribution in [0.2, 0.25) is 0 Å². The van der Waals surface area contributed by atoms with E-state index in [4.69, 9.17) is 9.78 Å². The Hall–Kier alpha value is -1.75. The van der Waals surface area contributed by atoms with Gasteiger partial charge in [0.2, 0.25) is 5.75 Å². The lowest BCUT2D eigenvalue weighted by Crippen LogP contribution is -2.14. The molecule has 0 aromatic heterocycles. The zero-order valence-corrected chi connectivity index (χ0v) is 25.2. The van der Waals surface area contributed by atoms with Crippen molar-refractivity contribution in [2.24, 2.45) is 0 Å². The van der Waals surface area contributed by atoms with Gasteiger partial charge in [0.15, 0.2) is 5.75 Å². The van der Waals surface area contributed by atoms with Crippen molar-refractivity contribution in [1.82, 2.24) is 0 Å². The van der Waals surface area contributed by atoms with Crippen LogP contribution in [0.5, 0.6) is 11.5 Å². The van der Waals surface area contributed by atoms with E-state index in [0.29, 0.717) is 13.0 Å². The zero-order chi connectivity index (χ0) is 28.0. The number of hydrogen-bond donors (Lipinski definition) is 2. The Morgan fingerprint density at radius 3 is 1.47 bits per heavy atom. The van der Waals surface area contributed by atoms with Crippen molar-refractivity contribution < 1.29 is 24.8 Å². The van der Waals surface area contributed by atoms with E-state index in [1.54, 1.807) is 0 Å². The van der Waals surface area contributed by atoms with E-state index in [0.717, 1.165) is 93.7 Å². The van der Waals surface area contributed by atoms with E-state index in [1.807, 2.05) is 0 Å². The summed E-state index contributed by atoms with van der Waals surface area (Å²) in [4.78, 5) is 23.8. The van der Waals surface area contributed by atoms with Crippen LogP contribution in [0.1, 0.15) is 170 Å². The van der Waals surface area contributed by atoms with Crippen molar-refractivity contribution in [3.63, 3.8) is 0 Å². The number of carboxylic acids is 1. The van der Waals surface area contributed by atoms with Crippen LogP contribution >= 0.6 is 0 Å². The van der Waals surface area contributed by atoms with Crippen LogP contribution in [0.15, 0.2) is 0 Å². The molecule has 220 valence electrons. The van der Waals surface area contributed by atoms with Gasteiger partial charge in [-0.25, -0.2) is 4.79 Å². The van der Waals surface area contributed by atoms with Gasteiger partial charge in [-0.3, -0.25) is 0 Å². The maximum absolute atomic E-state index is 12.5. The molecule has 1 aromatic carbocycles. The number of carboxylic acid groups (broad SMARTS) is 1. The van der Waals surface area contributed by atoms with Gasteiger partial charge < -0.3 is 15.1 Å². The maximum Gasteiger partial charge on any atom is 0.339 e. The van der Waals surface area contributed by atoms with Gasteiger partial charge in [-0.05, 0) is 56.1 Å². The fraction of sp³-hybridized carbons (Fsp3) is 0.788. The third kappa shape index (κ3) is 12.9. The minimum Gasteiger partial charge on any atom is -0.504 e. The highest BCUT2D eigenvalue weighted by atomic mass is 17.2. The molecule has 1 aromatic rings. The Balaban J connectivity index is 3.40. The summed E-state index contributed by atoms with van der Waals surface area (Å²) in [7, 11) is 0. The molecule has 0 saturated carbocycles. The zero-order valence-electron chi connectivity index (χ0n) is 25.2. The standard InChI is InChI=1S/C33H58O5/c1-5-9-13-16-19-23-27-28(24-20-17-14-10-6-2)30(33(35)36)31(34)32(38-37-26-22-12-8-4)29(27)25-21-18-15-11-7-3/h34H,5-26H2,1-4H3,(H,35,36). The van der Waals surface area contributed by atoms with Crippen molar-refractivity contribution in [3.05, 3.63) is 22.3 Å². The number of aromatic carboxylic acids is 1. The quantitative estimate of drug-likeness (QED) is 0.0741. The van der Waals surface area contributed by atoms with E-state index in [9.17, 15) is 15.0 Å². The van der Waals surface area contributed by atoms with Crippen LogP contribution in [0, 0.1) is 0 Å². The molecule has 0 saturated heterocycles. The molecule has 0 bridgehead atoms. The average molecular weight is 535 g/mol. The highest BCUT2D eigenvalue weighted by molar-refractivity contribution is 5.94. The van der Waals surface area contributed by atoms with Gasteiger partial charge >= 0.3 is 5.97 Å². The third-order valence-electron chi connectivity index (χ3n) is 7.53. The Labute approximate surface area is 233 Å². The second kappa shape index (κ2) is 22.1. The van der Waals surface area contributed by atoms with Crippen LogP contribution < -0.4 is 4.89 Å². The molecule has 2 N–H and O–H groups in total. The monoisotopic (exact) mass is 534 g/mol. The molecule has 38 heavy (non-hydrogen) atoms. The molecule has 0 fully saturated rings. The van der Waals surface area contributed by atoms with Gasteiger partial charge in [0.1, 0.15) is 5.56 Å². The maximum atomic E-state index is 12.5. The van der Waals surface area contributed by atoms with Crippen molar-refractivity contribution in [3.8, 4) is 11.5 Å². The Kier molecular flexibility index (Phi) is 19.9. The second-order valence-corrected chi connectivity index (χ2v) is 10.9. The predicted molar refractivity (Wildman–Crippen MR) is 159 cm³/mol. The van der Waals surface area contributed by atoms with Gasteiger partial charge in [0, 0.05) is 5.56 Å². The largest absolute Gasteiger partial charge is 0.504 e. The third-order valence-corrected chi connectivity index (χ3v) is 7.53. The minimum absolute atomic E-state index is 0.0194. The topological polar surface area (TPSA) is 76.0 Å². The van der Waals surface area contributed by atoms with Crippen LogP contribution in [0.4, 0.5) is 0 Å². The molecular formula is C33H58O5. The number of carbonyl (C=O) groups is 1. The summed E-state index contributed by atoms with van der Waals surface area (Å²) in [5.74, 6) is -1.09. The van der Waals surface area contributed by atoms with Gasteiger partial charge in [0.25, 0.3) is 0 Å². The molecule has 0 radical (unpaired) electrons. The van der Waals surface area contributed by atoms with Crippen LogP contribution in [-0.4, -0.2) is 22.8 Å². The summed E-state index contributed by atoms with van der Waals surface area (Å²) in [6.07, 6.45) is 22.3. The molecule has 0 unspecified atom stereocenters. The first kappa shape index (κ1) is 34.3. The molecular weight excluding hydrogens is 476 g/mol. The highest BCUT2D eigenvalue weighted by Crippen LogP contribution is 2.42. The van der Waals surface area contributed by atoms with E-state index < -0.39 is 5.97 Å². The summed E-state index contributed by atoms with van der Waals surface area (Å²) in [6.45, 7) is 9.20. The van der Waals surface area contributed by atoms with Crippen molar-refractivity contribution >= 4 is 5.97 Å². The second-order valence-electron chi connectivity index (χ2n) is 10.9. The van der Waals surface area contributed by atoms with Crippen molar-refractivity contribution in [2.45, 2.75) is 163 Å². The SMILES string of the molecule is CCCCCCCc1c(CCCCCCC)c(OOCCCCC)c(O)c(C(=O)O)c1CCCCCCC. The molecule has 1 rings (SSSR count). The highest BCUT2D eigenvalue weighted by Gasteiger charge is 2.28. The van der Waals surface area contributed by atoms with E-state index in [2.05, 4.69) is 27.7 Å². The molecule has 5 nitrogen and oxygen atoms in total. The number of aromatic hydroxyl groups is 1. The van der Waals surface area contributed by atoms with Gasteiger partial charge in [-0.1, -0.05) is 118 Å². The predicted octanol–water partition coefficient (Wildman–Crippen LogP) is 10.1. The molecule has 5 heteroatoms. The number of benzene rings is 1. The molecule has 0 aliphatic carbocycles. The number of unbranched alkanes of at least 4 members (excludes halogenated alkanes) is 14. The summed E-state index contributed by atoms with van der Waals surface area (Å²) >= 11 is 0. The van der Waals surface area contributed by atoms with Gasteiger partial charge in [-0.2, -0.15) is 4.89 Å². The molecule has 0 amide bonds. The Bertz CT molecular complexity index is 758. The first-order chi connectivity index (χ1) is 18.5. The number of phenols is 1. The smallest absolute Gasteiger partial charge is 0.339 e. The van der Waals surface area contributed by atoms with Gasteiger partial charge in [-0.15, -0.1) is 0 Å². The lowest BCUT2D eigenvalue weighted by atomic mass is 9.85. The van der Waals surface area contributed by atoms with E-state index in [1.165, 1.54) is 51.4 Å². The summed E-state index contributed by atoms with van der Waals surface area (Å²) < 4.78 is 0. The van der Waals surface area contributed by atoms with Crippen LogP contribution in [0.3, 0.4) is 0 Å². The fourth-order valence-corrected chi connectivity index (χ4v) is 5.26.